The second-order valence-corrected chi connectivity index (χ2v) is 8.77. The number of fused-ring (bicyclic) bond motifs is 2. The highest BCUT2D eigenvalue weighted by molar-refractivity contribution is 5.74. The van der Waals surface area contributed by atoms with Crippen molar-refractivity contribution in [2.45, 2.75) is 44.9 Å². The molecule has 29 heavy (non-hydrogen) atoms. The lowest BCUT2D eigenvalue weighted by Gasteiger charge is -2.31. The van der Waals surface area contributed by atoms with Crippen molar-refractivity contribution >= 4 is 11.6 Å². The third kappa shape index (κ3) is 3.46. The van der Waals surface area contributed by atoms with Crippen molar-refractivity contribution in [2.24, 2.45) is 11.8 Å². The van der Waals surface area contributed by atoms with E-state index in [0.717, 1.165) is 5.92 Å². The zero-order chi connectivity index (χ0) is 19.6. The minimum absolute atomic E-state index is 0.304. The fraction of sp³-hybridized carbons (Fsp3) is 0.310. The fourth-order valence-corrected chi connectivity index (χ4v) is 5.55. The molecule has 3 aromatic carbocycles. The molecule has 0 nitrogen and oxygen atoms in total. The second kappa shape index (κ2) is 8.03. The van der Waals surface area contributed by atoms with Crippen LogP contribution >= 0.6 is 0 Å². The van der Waals surface area contributed by atoms with Crippen molar-refractivity contribution < 1.29 is 0 Å². The van der Waals surface area contributed by atoms with Crippen LogP contribution in [-0.4, -0.2) is 0 Å². The minimum atomic E-state index is 0.304. The molecular formula is C29H30. The van der Waals surface area contributed by atoms with Gasteiger partial charge < -0.3 is 0 Å². The number of hydrogen-bond acceptors (Lipinski definition) is 0. The molecule has 1 fully saturated rings. The number of rotatable bonds is 3. The van der Waals surface area contributed by atoms with Crippen molar-refractivity contribution in [3.05, 3.63) is 106 Å². The summed E-state index contributed by atoms with van der Waals surface area (Å²) in [5.74, 6) is 1.90. The van der Waals surface area contributed by atoms with E-state index in [1.807, 2.05) is 0 Å². The van der Waals surface area contributed by atoms with Gasteiger partial charge in [-0.3, -0.25) is 0 Å². The van der Waals surface area contributed by atoms with E-state index >= 15 is 0 Å². The molecule has 0 aromatic heterocycles. The SMILES string of the molecule is CCC1CCC(C2=c3ccccc3=CC(c3ccccc3)c3ccccc32)CC1. The molecular weight excluding hydrogens is 348 g/mol. The summed E-state index contributed by atoms with van der Waals surface area (Å²) >= 11 is 0. The van der Waals surface area contributed by atoms with Gasteiger partial charge in [-0.1, -0.05) is 98.3 Å². The highest BCUT2D eigenvalue weighted by Gasteiger charge is 2.28. The van der Waals surface area contributed by atoms with Crippen LogP contribution in [0.4, 0.5) is 0 Å². The molecule has 5 rings (SSSR count). The van der Waals surface area contributed by atoms with Crippen molar-refractivity contribution in [2.75, 3.05) is 0 Å². The molecule has 0 amide bonds. The molecule has 1 saturated carbocycles. The summed E-state index contributed by atoms with van der Waals surface area (Å²) in [6.45, 7) is 2.35. The van der Waals surface area contributed by atoms with Gasteiger partial charge in [0.1, 0.15) is 0 Å². The average Bonchev–Trinajstić information content (AvgIpc) is 2.94. The van der Waals surface area contributed by atoms with Gasteiger partial charge in [0.15, 0.2) is 0 Å². The van der Waals surface area contributed by atoms with Crippen LogP contribution < -0.4 is 10.4 Å². The number of benzene rings is 3. The monoisotopic (exact) mass is 378 g/mol. The Kier molecular flexibility index (Phi) is 5.10. The molecule has 0 saturated heterocycles. The lowest BCUT2D eigenvalue weighted by molar-refractivity contribution is 0.309. The van der Waals surface area contributed by atoms with E-state index in [4.69, 9.17) is 0 Å². The van der Waals surface area contributed by atoms with E-state index in [1.54, 1.807) is 5.57 Å². The topological polar surface area (TPSA) is 0 Å². The first-order chi connectivity index (χ1) is 14.3. The smallest absolute Gasteiger partial charge is 0.0284 e. The van der Waals surface area contributed by atoms with Crippen molar-refractivity contribution in [1.82, 2.24) is 0 Å². The number of hydrogen-bond donors (Lipinski definition) is 0. The van der Waals surface area contributed by atoms with E-state index in [-0.39, 0.29) is 0 Å². The maximum atomic E-state index is 2.49. The highest BCUT2D eigenvalue weighted by Crippen LogP contribution is 2.41. The van der Waals surface area contributed by atoms with Crippen LogP contribution in [-0.2, 0) is 0 Å². The molecule has 2 aliphatic carbocycles. The van der Waals surface area contributed by atoms with Crippen LogP contribution in [0, 0.1) is 11.8 Å². The van der Waals surface area contributed by atoms with E-state index in [0.29, 0.717) is 11.8 Å². The van der Waals surface area contributed by atoms with Gasteiger partial charge in [0.2, 0.25) is 0 Å². The first-order valence-corrected chi connectivity index (χ1v) is 11.3. The van der Waals surface area contributed by atoms with Gasteiger partial charge in [-0.05, 0) is 70.2 Å². The van der Waals surface area contributed by atoms with Crippen LogP contribution in [0.3, 0.4) is 0 Å². The molecule has 3 aromatic rings. The Morgan fingerprint density at radius 1 is 0.724 bits per heavy atom. The lowest BCUT2D eigenvalue weighted by atomic mass is 9.74. The third-order valence-electron chi connectivity index (χ3n) is 7.17. The van der Waals surface area contributed by atoms with Crippen molar-refractivity contribution in [3.63, 3.8) is 0 Å². The summed E-state index contributed by atoms with van der Waals surface area (Å²) in [6.07, 6.45) is 9.23. The van der Waals surface area contributed by atoms with Crippen LogP contribution in [0.25, 0.3) is 11.6 Å². The van der Waals surface area contributed by atoms with Gasteiger partial charge in [0.25, 0.3) is 0 Å². The Bertz CT molecular complexity index is 1100. The van der Waals surface area contributed by atoms with E-state index in [2.05, 4.69) is 91.9 Å². The summed E-state index contributed by atoms with van der Waals surface area (Å²) < 4.78 is 0. The van der Waals surface area contributed by atoms with E-state index < -0.39 is 0 Å². The van der Waals surface area contributed by atoms with Gasteiger partial charge in [0, 0.05) is 5.92 Å². The molecule has 0 radical (unpaired) electrons. The molecule has 0 spiro atoms. The Labute approximate surface area is 174 Å². The molecule has 0 N–H and O–H groups in total. The van der Waals surface area contributed by atoms with Crippen molar-refractivity contribution in [3.8, 4) is 0 Å². The Morgan fingerprint density at radius 2 is 1.41 bits per heavy atom. The standard InChI is InChI=1S/C29H30/c1-2-21-16-18-23(19-17-21)29-25-13-7-6-12-24(25)20-28(22-10-4-3-5-11-22)26-14-8-9-15-27(26)29/h3-15,20-21,23,28H,2,16-19H2,1H3. The van der Waals surface area contributed by atoms with Gasteiger partial charge in [-0.25, -0.2) is 0 Å². The largest absolute Gasteiger partial charge is 0.0651 e. The normalized spacial score (nSPS) is 23.5. The predicted molar refractivity (Wildman–Crippen MR) is 123 cm³/mol. The summed E-state index contributed by atoms with van der Waals surface area (Å²) in [7, 11) is 0. The van der Waals surface area contributed by atoms with Crippen LogP contribution in [0.2, 0.25) is 0 Å². The van der Waals surface area contributed by atoms with Gasteiger partial charge in [-0.2, -0.15) is 0 Å². The van der Waals surface area contributed by atoms with Crippen LogP contribution in [0.15, 0.2) is 78.9 Å². The molecule has 0 heteroatoms. The Balaban J connectivity index is 1.73. The maximum Gasteiger partial charge on any atom is 0.0284 e. The maximum absolute atomic E-state index is 2.49. The first-order valence-electron chi connectivity index (χ1n) is 11.3. The highest BCUT2D eigenvalue weighted by atomic mass is 14.3. The molecule has 146 valence electrons. The van der Waals surface area contributed by atoms with Crippen molar-refractivity contribution in [1.29, 1.82) is 0 Å². The fourth-order valence-electron chi connectivity index (χ4n) is 5.55. The zero-order valence-electron chi connectivity index (χ0n) is 17.4. The van der Waals surface area contributed by atoms with Crippen LogP contribution in [0.5, 0.6) is 0 Å². The first kappa shape index (κ1) is 18.4. The van der Waals surface area contributed by atoms with Gasteiger partial charge >= 0.3 is 0 Å². The molecule has 0 bridgehead atoms. The summed E-state index contributed by atoms with van der Waals surface area (Å²) in [5.41, 5.74) is 5.91. The molecule has 2 aliphatic rings. The van der Waals surface area contributed by atoms with Crippen LogP contribution in [0.1, 0.15) is 61.6 Å². The van der Waals surface area contributed by atoms with Gasteiger partial charge in [-0.15, -0.1) is 0 Å². The Hall–Kier alpha value is -2.60. The minimum Gasteiger partial charge on any atom is -0.0651 e. The van der Waals surface area contributed by atoms with Gasteiger partial charge in [0.05, 0.1) is 0 Å². The van der Waals surface area contributed by atoms with E-state index in [1.165, 1.54) is 59.2 Å². The average molecular weight is 379 g/mol. The quantitative estimate of drug-likeness (QED) is 0.522. The molecule has 1 atom stereocenters. The molecule has 0 heterocycles. The summed E-state index contributed by atoms with van der Waals surface area (Å²) in [5, 5.41) is 2.85. The summed E-state index contributed by atoms with van der Waals surface area (Å²) in [6, 6.07) is 29.3. The zero-order valence-corrected chi connectivity index (χ0v) is 17.4. The molecule has 0 aliphatic heterocycles. The lowest BCUT2D eigenvalue weighted by Crippen LogP contribution is -2.30. The second-order valence-electron chi connectivity index (χ2n) is 8.77. The predicted octanol–water partition coefficient (Wildman–Crippen LogP) is 6.03. The van der Waals surface area contributed by atoms with E-state index in [9.17, 15) is 0 Å². The third-order valence-corrected chi connectivity index (χ3v) is 7.17. The summed E-state index contributed by atoms with van der Waals surface area (Å²) in [4.78, 5) is 0. The molecule has 1 unspecified atom stereocenters. The Morgan fingerprint density at radius 3 is 2.21 bits per heavy atom.